The number of aryl methyl sites for hydroxylation is 1. The molecule has 0 aromatic heterocycles. The van der Waals surface area contributed by atoms with Crippen LogP contribution < -0.4 is 21.3 Å². The van der Waals surface area contributed by atoms with Crippen LogP contribution in [-0.2, 0) is 11.4 Å². The van der Waals surface area contributed by atoms with Crippen LogP contribution in [0.4, 0.5) is 0 Å². The molecule has 4 N–H and O–H groups in total. The maximum absolute atomic E-state index is 11.5. The number of nitrogens with one attached hydrogen (secondary N) is 2. The summed E-state index contributed by atoms with van der Waals surface area (Å²) in [4.78, 5) is 11.5. The topological polar surface area (TPSA) is 76.4 Å². The number of hydrogen-bond acceptors (Lipinski definition) is 3. The minimum Gasteiger partial charge on any atom is -0.489 e. The van der Waals surface area contributed by atoms with E-state index in [-0.39, 0.29) is 11.0 Å². The molecule has 2 rings (SSSR count). The van der Waals surface area contributed by atoms with Gasteiger partial charge in [-0.3, -0.25) is 15.6 Å². The predicted octanol–water partition coefficient (Wildman–Crippen LogP) is 2.45. The Morgan fingerprint density at radius 3 is 2.42 bits per heavy atom. The smallest absolute Gasteiger partial charge is 0.262 e. The van der Waals surface area contributed by atoms with Crippen LogP contribution in [0.2, 0.25) is 0 Å². The van der Waals surface area contributed by atoms with Gasteiger partial charge in [0, 0.05) is 6.08 Å². The number of carbonyl (C=O) groups is 1. The van der Waals surface area contributed by atoms with Crippen LogP contribution in [0.3, 0.4) is 0 Å². The summed E-state index contributed by atoms with van der Waals surface area (Å²) in [6.45, 7) is 2.57. The molecule has 0 atom stereocenters. The Kier molecular flexibility index (Phi) is 6.33. The normalized spacial score (nSPS) is 10.4. The monoisotopic (exact) mass is 341 g/mol. The fraction of sp³-hybridized carbons (Fsp3) is 0.111. The maximum Gasteiger partial charge on any atom is 0.262 e. The lowest BCUT2D eigenvalue weighted by Crippen LogP contribution is -2.43. The number of rotatable bonds is 5. The lowest BCUT2D eigenvalue weighted by Gasteiger charge is -2.07. The van der Waals surface area contributed by atoms with Gasteiger partial charge in [0.1, 0.15) is 12.4 Å². The van der Waals surface area contributed by atoms with Crippen molar-refractivity contribution in [1.82, 2.24) is 10.9 Å². The minimum atomic E-state index is -0.345. The first-order valence-electron chi connectivity index (χ1n) is 7.35. The molecule has 1 amide bonds. The molecule has 0 aliphatic heterocycles. The van der Waals surface area contributed by atoms with Gasteiger partial charge in [0.05, 0.1) is 0 Å². The fourth-order valence-electron chi connectivity index (χ4n) is 1.86. The third kappa shape index (κ3) is 6.10. The van der Waals surface area contributed by atoms with E-state index in [1.807, 2.05) is 36.4 Å². The molecule has 2 aromatic rings. The van der Waals surface area contributed by atoms with Crippen molar-refractivity contribution in [3.05, 3.63) is 71.3 Å². The quantitative estimate of drug-likeness (QED) is 0.442. The van der Waals surface area contributed by atoms with E-state index in [0.717, 1.165) is 16.9 Å². The number of nitrogens with two attached hydrogens (primary N) is 1. The second-order valence-corrected chi connectivity index (χ2v) is 5.59. The summed E-state index contributed by atoms with van der Waals surface area (Å²) in [5.74, 6) is 0.426. The lowest BCUT2D eigenvalue weighted by molar-refractivity contribution is -0.116. The van der Waals surface area contributed by atoms with Crippen molar-refractivity contribution in [2.75, 3.05) is 0 Å². The Labute approximate surface area is 146 Å². The van der Waals surface area contributed by atoms with Crippen molar-refractivity contribution in [3.63, 3.8) is 0 Å². The number of hydrogen-bond donors (Lipinski definition) is 3. The number of ether oxygens (including phenoxy) is 1. The highest BCUT2D eigenvalue weighted by Crippen LogP contribution is 2.15. The number of amides is 1. The molecule has 124 valence electrons. The van der Waals surface area contributed by atoms with Gasteiger partial charge in [0.15, 0.2) is 5.11 Å². The van der Waals surface area contributed by atoms with Gasteiger partial charge in [0.2, 0.25) is 0 Å². The van der Waals surface area contributed by atoms with Gasteiger partial charge >= 0.3 is 0 Å². The first-order valence-corrected chi connectivity index (χ1v) is 7.75. The summed E-state index contributed by atoms with van der Waals surface area (Å²) in [7, 11) is 0. The number of hydrazine groups is 1. The number of benzene rings is 2. The zero-order valence-corrected chi connectivity index (χ0v) is 14.1. The van der Waals surface area contributed by atoms with E-state index in [1.165, 1.54) is 11.6 Å². The Hall–Kier alpha value is -2.86. The zero-order chi connectivity index (χ0) is 17.4. The largest absolute Gasteiger partial charge is 0.489 e. The Balaban J connectivity index is 1.85. The molecule has 24 heavy (non-hydrogen) atoms. The molecule has 5 nitrogen and oxygen atoms in total. The Morgan fingerprint density at radius 1 is 1.12 bits per heavy atom. The number of carbonyl (C=O) groups excluding carboxylic acids is 1. The molecule has 0 bridgehead atoms. The van der Waals surface area contributed by atoms with Gasteiger partial charge < -0.3 is 10.5 Å². The summed E-state index contributed by atoms with van der Waals surface area (Å²) < 4.78 is 5.74. The van der Waals surface area contributed by atoms with Crippen LogP contribution in [0.1, 0.15) is 16.7 Å². The van der Waals surface area contributed by atoms with Crippen molar-refractivity contribution in [1.29, 1.82) is 0 Å². The maximum atomic E-state index is 11.5. The molecule has 0 aliphatic rings. The minimum absolute atomic E-state index is 0.00632. The molecule has 0 saturated carbocycles. The Bertz CT molecular complexity index is 725. The summed E-state index contributed by atoms with van der Waals surface area (Å²) in [5, 5.41) is 0.00632. The van der Waals surface area contributed by atoms with Crippen molar-refractivity contribution >= 4 is 29.3 Å². The first-order chi connectivity index (χ1) is 11.5. The van der Waals surface area contributed by atoms with Crippen LogP contribution >= 0.6 is 12.2 Å². The molecule has 0 unspecified atom stereocenters. The van der Waals surface area contributed by atoms with Gasteiger partial charge in [-0.25, -0.2) is 0 Å². The van der Waals surface area contributed by atoms with Gasteiger partial charge in [-0.05, 0) is 48.5 Å². The van der Waals surface area contributed by atoms with Gasteiger partial charge in [-0.1, -0.05) is 42.0 Å². The van der Waals surface area contributed by atoms with Crippen molar-refractivity contribution in [2.45, 2.75) is 13.5 Å². The van der Waals surface area contributed by atoms with Crippen LogP contribution in [0.5, 0.6) is 5.75 Å². The van der Waals surface area contributed by atoms with Crippen molar-refractivity contribution < 1.29 is 9.53 Å². The lowest BCUT2D eigenvalue weighted by atomic mass is 10.2. The van der Waals surface area contributed by atoms with Crippen LogP contribution in [-0.4, -0.2) is 11.0 Å². The van der Waals surface area contributed by atoms with E-state index >= 15 is 0 Å². The zero-order valence-electron chi connectivity index (χ0n) is 13.3. The molecule has 0 radical (unpaired) electrons. The average molecular weight is 341 g/mol. The first kappa shape index (κ1) is 17.5. The summed E-state index contributed by atoms with van der Waals surface area (Å²) >= 11 is 4.59. The number of thiocarbonyl (C=S) groups is 1. The highest BCUT2D eigenvalue weighted by molar-refractivity contribution is 7.80. The molecule has 0 heterocycles. The highest BCUT2D eigenvalue weighted by Gasteiger charge is 1.98. The van der Waals surface area contributed by atoms with Crippen molar-refractivity contribution in [3.8, 4) is 5.75 Å². The second-order valence-electron chi connectivity index (χ2n) is 5.16. The molecule has 0 fully saturated rings. The van der Waals surface area contributed by atoms with Crippen LogP contribution in [0, 0.1) is 6.92 Å². The SMILES string of the molecule is Cc1ccc(COc2ccc(/C=C/C(=O)NNC(N)=S)cc2)cc1. The molecule has 0 saturated heterocycles. The van der Waals surface area contributed by atoms with E-state index in [4.69, 9.17) is 10.5 Å². The standard InChI is InChI=1S/C18H19N3O2S/c1-13-2-4-15(5-3-13)12-23-16-9-6-14(7-10-16)8-11-17(22)20-21-18(19)24/h2-11H,12H2,1H3,(H,20,22)(H3,19,21,24)/b11-8+. The van der Waals surface area contributed by atoms with E-state index in [2.05, 4.69) is 42.1 Å². The molecule has 2 aromatic carbocycles. The molecule has 0 aliphatic carbocycles. The van der Waals surface area contributed by atoms with E-state index in [1.54, 1.807) is 6.08 Å². The highest BCUT2D eigenvalue weighted by atomic mass is 32.1. The summed E-state index contributed by atoms with van der Waals surface area (Å²) in [5.41, 5.74) is 13.1. The van der Waals surface area contributed by atoms with E-state index in [0.29, 0.717) is 6.61 Å². The Morgan fingerprint density at radius 2 is 1.79 bits per heavy atom. The fourth-order valence-corrected chi connectivity index (χ4v) is 1.91. The van der Waals surface area contributed by atoms with Crippen LogP contribution in [0.25, 0.3) is 6.08 Å². The van der Waals surface area contributed by atoms with Crippen molar-refractivity contribution in [2.24, 2.45) is 5.73 Å². The average Bonchev–Trinajstić information content (AvgIpc) is 2.58. The molecule has 0 spiro atoms. The van der Waals surface area contributed by atoms with Gasteiger partial charge in [0.25, 0.3) is 5.91 Å². The molecule has 6 heteroatoms. The summed E-state index contributed by atoms with van der Waals surface area (Å²) in [6, 6.07) is 15.7. The second kappa shape index (κ2) is 8.69. The van der Waals surface area contributed by atoms with Gasteiger partial charge in [-0.2, -0.15) is 0 Å². The molecular weight excluding hydrogens is 322 g/mol. The predicted molar refractivity (Wildman–Crippen MR) is 99.1 cm³/mol. The third-order valence-corrected chi connectivity index (χ3v) is 3.24. The third-order valence-electron chi connectivity index (χ3n) is 3.14. The van der Waals surface area contributed by atoms with E-state index in [9.17, 15) is 4.79 Å². The summed E-state index contributed by atoms with van der Waals surface area (Å²) in [6.07, 6.45) is 3.06. The van der Waals surface area contributed by atoms with E-state index < -0.39 is 0 Å². The van der Waals surface area contributed by atoms with Crippen LogP contribution in [0.15, 0.2) is 54.6 Å². The van der Waals surface area contributed by atoms with Gasteiger partial charge in [-0.15, -0.1) is 0 Å². The molecular formula is C18H19N3O2S.